The Labute approximate surface area is 112 Å². The van der Waals surface area contributed by atoms with Gasteiger partial charge in [-0.2, -0.15) is 0 Å². The maximum absolute atomic E-state index is 14.1. The van der Waals surface area contributed by atoms with E-state index in [2.05, 4.69) is 0 Å². The summed E-state index contributed by atoms with van der Waals surface area (Å²) in [5, 5.41) is 9.08. The number of aliphatic carboxylic acids is 1. The van der Waals surface area contributed by atoms with Crippen molar-refractivity contribution < 1.29 is 23.8 Å². The van der Waals surface area contributed by atoms with Crippen molar-refractivity contribution >= 4 is 5.97 Å². The van der Waals surface area contributed by atoms with Crippen molar-refractivity contribution in [3.8, 4) is 11.5 Å². The topological polar surface area (TPSA) is 55.8 Å². The molecule has 0 aromatic heterocycles. The van der Waals surface area contributed by atoms with E-state index < -0.39 is 17.6 Å². The molecule has 4 nitrogen and oxygen atoms in total. The van der Waals surface area contributed by atoms with Crippen LogP contribution in [0.2, 0.25) is 0 Å². The Morgan fingerprint density at radius 1 is 1.26 bits per heavy atom. The number of ether oxygens (including phenoxy) is 2. The zero-order valence-electron chi connectivity index (χ0n) is 11.8. The van der Waals surface area contributed by atoms with Crippen LogP contribution >= 0.6 is 0 Å². The standard InChI is InChI=1S/C14H19FO4/c1-8(13(16)17)9-6-12(19-5)10(14(2,3)15)7-11(9)18-4/h6-8H,1-5H3,(H,16,17). The van der Waals surface area contributed by atoms with Crippen LogP contribution in [-0.2, 0) is 10.5 Å². The van der Waals surface area contributed by atoms with Gasteiger partial charge in [0.25, 0.3) is 0 Å². The van der Waals surface area contributed by atoms with Gasteiger partial charge < -0.3 is 14.6 Å². The second-order valence-corrected chi connectivity index (χ2v) is 4.83. The van der Waals surface area contributed by atoms with Gasteiger partial charge in [0.1, 0.15) is 17.2 Å². The minimum Gasteiger partial charge on any atom is -0.496 e. The normalized spacial score (nSPS) is 12.9. The summed E-state index contributed by atoms with van der Waals surface area (Å²) in [4.78, 5) is 11.1. The average molecular weight is 270 g/mol. The number of hydrogen-bond acceptors (Lipinski definition) is 3. The molecule has 0 fully saturated rings. The van der Waals surface area contributed by atoms with Crippen LogP contribution in [0.3, 0.4) is 0 Å². The molecular weight excluding hydrogens is 251 g/mol. The number of methoxy groups -OCH3 is 2. The molecule has 0 spiro atoms. The number of alkyl halides is 1. The van der Waals surface area contributed by atoms with Gasteiger partial charge in [-0.25, -0.2) is 4.39 Å². The molecule has 0 heterocycles. The molecule has 1 atom stereocenters. The number of carbonyl (C=O) groups is 1. The minimum absolute atomic E-state index is 0.316. The molecule has 0 bridgehead atoms. The SMILES string of the molecule is COc1cc(C(C)(C)F)c(OC)cc1C(C)C(=O)O. The Bertz CT molecular complexity index is 477. The quantitative estimate of drug-likeness (QED) is 0.893. The summed E-state index contributed by atoms with van der Waals surface area (Å²) in [6.45, 7) is 4.36. The van der Waals surface area contributed by atoms with E-state index in [-0.39, 0.29) is 0 Å². The summed E-state index contributed by atoms with van der Waals surface area (Å²) in [7, 11) is 2.85. The van der Waals surface area contributed by atoms with Crippen LogP contribution in [-0.4, -0.2) is 25.3 Å². The first-order valence-corrected chi connectivity index (χ1v) is 5.90. The molecule has 0 aliphatic carbocycles. The average Bonchev–Trinajstić information content (AvgIpc) is 2.34. The van der Waals surface area contributed by atoms with Crippen LogP contribution in [0.15, 0.2) is 12.1 Å². The van der Waals surface area contributed by atoms with Gasteiger partial charge in [0.05, 0.1) is 20.1 Å². The molecule has 1 unspecified atom stereocenters. The predicted molar refractivity (Wildman–Crippen MR) is 69.7 cm³/mol. The van der Waals surface area contributed by atoms with Gasteiger partial charge in [0, 0.05) is 11.1 Å². The highest BCUT2D eigenvalue weighted by atomic mass is 19.1. The number of rotatable bonds is 5. The molecule has 1 aromatic rings. The second kappa shape index (κ2) is 5.47. The molecule has 0 radical (unpaired) electrons. The van der Waals surface area contributed by atoms with E-state index in [0.29, 0.717) is 22.6 Å². The molecule has 0 aliphatic rings. The van der Waals surface area contributed by atoms with E-state index in [0.717, 1.165) is 0 Å². The minimum atomic E-state index is -1.61. The van der Waals surface area contributed by atoms with Gasteiger partial charge in [-0.15, -0.1) is 0 Å². The molecule has 0 amide bonds. The van der Waals surface area contributed by atoms with Crippen molar-refractivity contribution in [3.05, 3.63) is 23.3 Å². The summed E-state index contributed by atoms with van der Waals surface area (Å²) in [6.07, 6.45) is 0. The number of halogens is 1. The maximum Gasteiger partial charge on any atom is 0.310 e. The van der Waals surface area contributed by atoms with Crippen molar-refractivity contribution in [1.29, 1.82) is 0 Å². The molecule has 5 heteroatoms. The van der Waals surface area contributed by atoms with Crippen LogP contribution in [0.4, 0.5) is 4.39 Å². The summed E-state index contributed by atoms with van der Waals surface area (Å²) < 4.78 is 24.4. The number of carboxylic acids is 1. The van der Waals surface area contributed by atoms with Crippen molar-refractivity contribution in [3.63, 3.8) is 0 Å². The van der Waals surface area contributed by atoms with Crippen molar-refractivity contribution in [2.45, 2.75) is 32.4 Å². The highest BCUT2D eigenvalue weighted by Crippen LogP contribution is 2.40. The van der Waals surface area contributed by atoms with E-state index in [1.54, 1.807) is 6.92 Å². The molecule has 1 N–H and O–H groups in total. The van der Waals surface area contributed by atoms with Crippen LogP contribution < -0.4 is 9.47 Å². The fourth-order valence-electron chi connectivity index (χ4n) is 1.86. The summed E-state index contributed by atoms with van der Waals surface area (Å²) >= 11 is 0. The van der Waals surface area contributed by atoms with E-state index in [4.69, 9.17) is 14.6 Å². The predicted octanol–water partition coefficient (Wildman–Crippen LogP) is 3.10. The van der Waals surface area contributed by atoms with Gasteiger partial charge in [-0.1, -0.05) is 0 Å². The first kappa shape index (κ1) is 15.3. The van der Waals surface area contributed by atoms with Gasteiger partial charge in [0.2, 0.25) is 0 Å². The molecule has 0 saturated heterocycles. The zero-order chi connectivity index (χ0) is 14.8. The first-order valence-electron chi connectivity index (χ1n) is 5.90. The van der Waals surface area contributed by atoms with Gasteiger partial charge in [-0.3, -0.25) is 4.79 Å². The lowest BCUT2D eigenvalue weighted by atomic mass is 9.92. The van der Waals surface area contributed by atoms with Gasteiger partial charge >= 0.3 is 5.97 Å². The lowest BCUT2D eigenvalue weighted by Crippen LogP contribution is -2.14. The molecular formula is C14H19FO4. The summed E-state index contributed by atoms with van der Waals surface area (Å²) in [5.74, 6) is -1.08. The fraction of sp³-hybridized carbons (Fsp3) is 0.500. The van der Waals surface area contributed by atoms with Crippen LogP contribution in [0, 0.1) is 0 Å². The van der Waals surface area contributed by atoms with E-state index in [9.17, 15) is 9.18 Å². The number of carboxylic acid groups (broad SMARTS) is 1. The third-order valence-electron chi connectivity index (χ3n) is 3.03. The molecule has 0 saturated carbocycles. The Morgan fingerprint density at radius 3 is 2.16 bits per heavy atom. The largest absolute Gasteiger partial charge is 0.496 e. The maximum atomic E-state index is 14.1. The summed E-state index contributed by atoms with van der Waals surface area (Å²) in [6, 6.07) is 3.02. The van der Waals surface area contributed by atoms with Crippen LogP contribution in [0.5, 0.6) is 11.5 Å². The monoisotopic (exact) mass is 270 g/mol. The van der Waals surface area contributed by atoms with Gasteiger partial charge in [-0.05, 0) is 32.9 Å². The van der Waals surface area contributed by atoms with Crippen LogP contribution in [0.25, 0.3) is 0 Å². The van der Waals surface area contributed by atoms with E-state index in [1.807, 2.05) is 0 Å². The van der Waals surface area contributed by atoms with E-state index in [1.165, 1.54) is 40.2 Å². The molecule has 106 valence electrons. The Hall–Kier alpha value is -1.78. The smallest absolute Gasteiger partial charge is 0.310 e. The third kappa shape index (κ3) is 3.16. The zero-order valence-corrected chi connectivity index (χ0v) is 11.8. The van der Waals surface area contributed by atoms with E-state index >= 15 is 0 Å². The van der Waals surface area contributed by atoms with Crippen molar-refractivity contribution in [2.24, 2.45) is 0 Å². The molecule has 1 rings (SSSR count). The van der Waals surface area contributed by atoms with Gasteiger partial charge in [0.15, 0.2) is 0 Å². The molecule has 19 heavy (non-hydrogen) atoms. The summed E-state index contributed by atoms with van der Waals surface area (Å²) in [5.41, 5.74) is -0.822. The molecule has 1 aromatic carbocycles. The third-order valence-corrected chi connectivity index (χ3v) is 3.03. The number of hydrogen-bond donors (Lipinski definition) is 1. The fourth-order valence-corrected chi connectivity index (χ4v) is 1.86. The Morgan fingerprint density at radius 2 is 1.79 bits per heavy atom. The second-order valence-electron chi connectivity index (χ2n) is 4.83. The Kier molecular flexibility index (Phi) is 4.39. The highest BCUT2D eigenvalue weighted by molar-refractivity contribution is 5.77. The number of benzene rings is 1. The molecule has 0 aliphatic heterocycles. The van der Waals surface area contributed by atoms with Crippen molar-refractivity contribution in [2.75, 3.05) is 14.2 Å². The Balaban J connectivity index is 3.48. The lowest BCUT2D eigenvalue weighted by molar-refractivity contribution is -0.138. The van der Waals surface area contributed by atoms with Crippen LogP contribution in [0.1, 0.15) is 37.8 Å². The highest BCUT2D eigenvalue weighted by Gasteiger charge is 2.28. The van der Waals surface area contributed by atoms with Crippen molar-refractivity contribution in [1.82, 2.24) is 0 Å². The first-order chi connectivity index (χ1) is 8.72. The lowest BCUT2D eigenvalue weighted by Gasteiger charge is -2.22.